The number of rotatable bonds is 7. The second kappa shape index (κ2) is 7.10. The van der Waals surface area contributed by atoms with Gasteiger partial charge in [-0.1, -0.05) is 13.0 Å². The molecule has 0 radical (unpaired) electrons. The fourth-order valence-corrected chi connectivity index (χ4v) is 3.14. The summed E-state index contributed by atoms with van der Waals surface area (Å²) in [6.45, 7) is 2.64. The van der Waals surface area contributed by atoms with E-state index in [4.69, 9.17) is 4.74 Å². The molecule has 0 amide bonds. The molecule has 0 aliphatic carbocycles. The highest BCUT2D eigenvalue weighted by atomic mass is 32.2. The Balaban J connectivity index is 2.17. The first-order valence-electron chi connectivity index (χ1n) is 7.30. The summed E-state index contributed by atoms with van der Waals surface area (Å²) >= 11 is 0. The Kier molecular flexibility index (Phi) is 5.38. The van der Waals surface area contributed by atoms with Crippen LogP contribution in [-0.2, 0) is 21.1 Å². The Bertz CT molecular complexity index is 798. The largest absolute Gasteiger partial charge is 0.464 e. The van der Waals surface area contributed by atoms with Crippen LogP contribution < -0.4 is 0 Å². The molecule has 0 spiro atoms. The summed E-state index contributed by atoms with van der Waals surface area (Å²) in [6, 6.07) is 3.74. The van der Waals surface area contributed by atoms with Crippen molar-refractivity contribution in [3.8, 4) is 0 Å². The Labute approximate surface area is 135 Å². The molecule has 0 atom stereocenters. The van der Waals surface area contributed by atoms with Crippen molar-refractivity contribution in [3.63, 3.8) is 0 Å². The normalized spacial score (nSPS) is 12.0. The number of carbonyl (C=O) groups excluding carboxylic acids is 1. The van der Waals surface area contributed by atoms with Gasteiger partial charge < -0.3 is 9.64 Å². The summed E-state index contributed by atoms with van der Waals surface area (Å²) in [5.74, 6) is -0.165. The quantitative estimate of drug-likeness (QED) is 0.700. The molecule has 0 fully saturated rings. The molecule has 0 bridgehead atoms. The van der Waals surface area contributed by atoms with Gasteiger partial charge >= 0.3 is 5.97 Å². The second-order valence-corrected chi connectivity index (χ2v) is 7.81. The van der Waals surface area contributed by atoms with Crippen molar-refractivity contribution in [1.29, 1.82) is 0 Å². The number of hydrogen-bond donors (Lipinski definition) is 0. The topological polar surface area (TPSA) is 81.0 Å². The van der Waals surface area contributed by atoms with Crippen LogP contribution in [0.1, 0.15) is 23.0 Å². The molecular weight excluding hydrogens is 318 g/mol. The van der Waals surface area contributed by atoms with Crippen molar-refractivity contribution in [2.45, 2.75) is 13.5 Å². The van der Waals surface area contributed by atoms with Gasteiger partial charge in [-0.3, -0.25) is 4.40 Å². The maximum Gasteiger partial charge on any atom is 0.356 e. The number of pyridine rings is 1. The average Bonchev–Trinajstić information content (AvgIpc) is 2.97. The average molecular weight is 339 g/mol. The summed E-state index contributed by atoms with van der Waals surface area (Å²) in [7, 11) is 0.203. The summed E-state index contributed by atoms with van der Waals surface area (Å²) in [6.07, 6.45) is 3.23. The van der Waals surface area contributed by atoms with Gasteiger partial charge in [-0.25, -0.2) is 18.2 Å². The number of carbonyl (C=O) groups is 1. The SMILES string of the molecule is CCS(=O)(=O)CCN(C)Cc1cccn2c(C(=O)OC)cnc12. The molecular formula is C15H21N3O4S. The number of fused-ring (bicyclic) bond motifs is 1. The summed E-state index contributed by atoms with van der Waals surface area (Å²) in [5, 5.41) is 0. The van der Waals surface area contributed by atoms with E-state index in [-0.39, 0.29) is 11.5 Å². The van der Waals surface area contributed by atoms with Crippen LogP contribution in [0.3, 0.4) is 0 Å². The van der Waals surface area contributed by atoms with Crippen molar-refractivity contribution < 1.29 is 17.9 Å². The van der Waals surface area contributed by atoms with E-state index in [9.17, 15) is 13.2 Å². The Morgan fingerprint density at radius 1 is 1.43 bits per heavy atom. The van der Waals surface area contributed by atoms with Crippen LogP contribution in [0.4, 0.5) is 0 Å². The molecule has 7 nitrogen and oxygen atoms in total. The number of methoxy groups -OCH3 is 1. The monoisotopic (exact) mass is 339 g/mol. The molecule has 23 heavy (non-hydrogen) atoms. The second-order valence-electron chi connectivity index (χ2n) is 5.34. The van der Waals surface area contributed by atoms with Gasteiger partial charge in [0.15, 0.2) is 15.5 Å². The van der Waals surface area contributed by atoms with E-state index in [0.717, 1.165) is 5.56 Å². The lowest BCUT2D eigenvalue weighted by Gasteiger charge is -2.17. The molecule has 0 unspecified atom stereocenters. The third-order valence-corrected chi connectivity index (χ3v) is 5.36. The van der Waals surface area contributed by atoms with Gasteiger partial charge in [-0.15, -0.1) is 0 Å². The molecule has 0 saturated carbocycles. The predicted molar refractivity (Wildman–Crippen MR) is 87.2 cm³/mol. The maximum atomic E-state index is 11.7. The van der Waals surface area contributed by atoms with Crippen LogP contribution in [0.2, 0.25) is 0 Å². The van der Waals surface area contributed by atoms with Crippen LogP contribution in [0.25, 0.3) is 5.65 Å². The van der Waals surface area contributed by atoms with Gasteiger partial charge in [-0.2, -0.15) is 0 Å². The van der Waals surface area contributed by atoms with Gasteiger partial charge in [0.25, 0.3) is 0 Å². The maximum absolute atomic E-state index is 11.7. The first-order valence-corrected chi connectivity index (χ1v) is 9.12. The van der Waals surface area contributed by atoms with E-state index < -0.39 is 15.8 Å². The lowest BCUT2D eigenvalue weighted by atomic mass is 10.2. The summed E-state index contributed by atoms with van der Waals surface area (Å²) in [4.78, 5) is 17.9. The smallest absolute Gasteiger partial charge is 0.356 e. The molecule has 8 heteroatoms. The van der Waals surface area contributed by atoms with E-state index in [1.807, 2.05) is 24.1 Å². The third kappa shape index (κ3) is 4.08. The summed E-state index contributed by atoms with van der Waals surface area (Å²) < 4.78 is 29.6. The van der Waals surface area contributed by atoms with Crippen molar-refractivity contribution in [2.24, 2.45) is 0 Å². The Hall–Kier alpha value is -1.93. The molecule has 0 aliphatic rings. The highest BCUT2D eigenvalue weighted by molar-refractivity contribution is 7.91. The first kappa shape index (κ1) is 17.4. The zero-order chi connectivity index (χ0) is 17.0. The Morgan fingerprint density at radius 3 is 2.83 bits per heavy atom. The number of esters is 1. The van der Waals surface area contributed by atoms with Gasteiger partial charge in [0, 0.05) is 30.6 Å². The highest BCUT2D eigenvalue weighted by Crippen LogP contribution is 2.14. The molecule has 0 aliphatic heterocycles. The zero-order valence-corrected chi connectivity index (χ0v) is 14.3. The Morgan fingerprint density at radius 2 is 2.17 bits per heavy atom. The lowest BCUT2D eigenvalue weighted by Crippen LogP contribution is -2.26. The van der Waals surface area contributed by atoms with Gasteiger partial charge in [0.1, 0.15) is 5.65 Å². The van der Waals surface area contributed by atoms with Crippen LogP contribution in [0, 0.1) is 0 Å². The van der Waals surface area contributed by atoms with Crippen LogP contribution in [0.15, 0.2) is 24.5 Å². The van der Waals surface area contributed by atoms with E-state index in [1.54, 1.807) is 17.5 Å². The first-order chi connectivity index (χ1) is 10.9. The number of hydrogen-bond acceptors (Lipinski definition) is 6. The van der Waals surface area contributed by atoms with Crippen LogP contribution >= 0.6 is 0 Å². The van der Waals surface area contributed by atoms with E-state index in [0.29, 0.717) is 24.4 Å². The number of imidazole rings is 1. The van der Waals surface area contributed by atoms with Crippen LogP contribution in [0.5, 0.6) is 0 Å². The van der Waals surface area contributed by atoms with Gasteiger partial charge in [0.05, 0.1) is 19.1 Å². The standard InChI is InChI=1S/C15H21N3O4S/c1-4-23(20,21)9-8-17(2)11-12-6-5-7-18-13(15(19)22-3)10-16-14(12)18/h5-7,10H,4,8-9,11H2,1-3H3. The molecule has 2 aromatic rings. The van der Waals surface area contributed by atoms with E-state index in [1.165, 1.54) is 13.3 Å². The minimum absolute atomic E-state index is 0.130. The third-order valence-electron chi connectivity index (χ3n) is 3.68. The van der Waals surface area contributed by atoms with Crippen molar-refractivity contribution >= 4 is 21.5 Å². The number of aromatic nitrogens is 2. The molecule has 0 saturated heterocycles. The number of nitrogens with zero attached hydrogens (tertiary/aromatic N) is 3. The highest BCUT2D eigenvalue weighted by Gasteiger charge is 2.15. The predicted octanol–water partition coefficient (Wildman–Crippen LogP) is 0.987. The fraction of sp³-hybridized carbons (Fsp3) is 0.467. The zero-order valence-electron chi connectivity index (χ0n) is 13.5. The van der Waals surface area contributed by atoms with Crippen molar-refractivity contribution in [3.05, 3.63) is 35.8 Å². The summed E-state index contributed by atoms with van der Waals surface area (Å²) in [5.41, 5.74) is 1.94. The van der Waals surface area contributed by atoms with Crippen LogP contribution in [-0.4, -0.2) is 60.9 Å². The number of sulfone groups is 1. The van der Waals surface area contributed by atoms with Gasteiger partial charge in [-0.05, 0) is 13.1 Å². The molecule has 2 heterocycles. The molecule has 0 aromatic carbocycles. The molecule has 2 aromatic heterocycles. The number of ether oxygens (including phenoxy) is 1. The van der Waals surface area contributed by atoms with Crippen molar-refractivity contribution in [2.75, 3.05) is 32.2 Å². The van der Waals surface area contributed by atoms with Gasteiger partial charge in [0.2, 0.25) is 0 Å². The lowest BCUT2D eigenvalue weighted by molar-refractivity contribution is 0.0593. The molecule has 126 valence electrons. The van der Waals surface area contributed by atoms with Crippen molar-refractivity contribution in [1.82, 2.24) is 14.3 Å². The fourth-order valence-electron chi connectivity index (χ4n) is 2.26. The minimum Gasteiger partial charge on any atom is -0.464 e. The molecule has 0 N–H and O–H groups in total. The van der Waals surface area contributed by atoms with E-state index in [2.05, 4.69) is 4.98 Å². The molecule has 2 rings (SSSR count). The van der Waals surface area contributed by atoms with E-state index >= 15 is 0 Å². The minimum atomic E-state index is -2.98.